The number of rotatable bonds is 5. The first-order valence-electron chi connectivity index (χ1n) is 8.12. The normalized spacial score (nSPS) is 16.8. The lowest BCUT2D eigenvalue weighted by Crippen LogP contribution is -2.26. The van der Waals surface area contributed by atoms with Crippen LogP contribution in [0.5, 0.6) is 5.75 Å². The maximum atomic E-state index is 13.3. The Labute approximate surface area is 142 Å². The fraction of sp³-hybridized carbons (Fsp3) is 0.300. The Bertz CT molecular complexity index is 738. The molecule has 3 rings (SSSR count). The van der Waals surface area contributed by atoms with Gasteiger partial charge in [-0.1, -0.05) is 24.3 Å². The van der Waals surface area contributed by atoms with Gasteiger partial charge in [0.15, 0.2) is 6.10 Å². The molecule has 2 aromatic rings. The Kier molecular flexibility index (Phi) is 4.86. The largest absolute Gasteiger partial charge is 0.493 e. The first-order chi connectivity index (χ1) is 11.6. The number of halogens is 1. The highest BCUT2D eigenvalue weighted by Crippen LogP contribution is 2.42. The summed E-state index contributed by atoms with van der Waals surface area (Å²) in [6, 6.07) is 14.3. The molecule has 126 valence electrons. The van der Waals surface area contributed by atoms with Crippen LogP contribution >= 0.6 is 0 Å². The van der Waals surface area contributed by atoms with Crippen molar-refractivity contribution in [2.45, 2.75) is 13.0 Å². The van der Waals surface area contributed by atoms with Crippen LogP contribution in [0.25, 0.3) is 5.76 Å². The molecule has 2 aromatic carbocycles. The van der Waals surface area contributed by atoms with Gasteiger partial charge < -0.3 is 14.4 Å². The van der Waals surface area contributed by atoms with Crippen molar-refractivity contribution in [2.24, 2.45) is 0 Å². The van der Waals surface area contributed by atoms with E-state index in [1.165, 1.54) is 12.1 Å². The summed E-state index contributed by atoms with van der Waals surface area (Å²) in [5.41, 5.74) is 2.93. The van der Waals surface area contributed by atoms with Crippen LogP contribution in [-0.4, -0.2) is 32.1 Å². The van der Waals surface area contributed by atoms with Crippen molar-refractivity contribution >= 4 is 5.76 Å². The van der Waals surface area contributed by atoms with Gasteiger partial charge in [-0.15, -0.1) is 0 Å². The van der Waals surface area contributed by atoms with E-state index in [0.29, 0.717) is 13.2 Å². The lowest BCUT2D eigenvalue weighted by molar-refractivity contribution is 0.203. The van der Waals surface area contributed by atoms with Gasteiger partial charge in [-0.2, -0.15) is 0 Å². The molecular weight excluding hydrogens is 305 g/mol. The maximum absolute atomic E-state index is 13.3. The predicted octanol–water partition coefficient (Wildman–Crippen LogP) is 4.27. The summed E-state index contributed by atoms with van der Waals surface area (Å²) in [6.07, 6.45) is -0.288. The minimum absolute atomic E-state index is 0.252. The van der Waals surface area contributed by atoms with E-state index in [2.05, 4.69) is 4.90 Å². The third-order valence-corrected chi connectivity index (χ3v) is 3.93. The molecule has 0 unspecified atom stereocenters. The van der Waals surface area contributed by atoms with Crippen molar-refractivity contribution in [2.75, 3.05) is 27.2 Å². The minimum atomic E-state index is -0.288. The number of benzene rings is 2. The van der Waals surface area contributed by atoms with E-state index in [-0.39, 0.29) is 11.9 Å². The van der Waals surface area contributed by atoms with Gasteiger partial charge in [0, 0.05) is 12.1 Å². The first-order valence-corrected chi connectivity index (χ1v) is 8.12. The van der Waals surface area contributed by atoms with Crippen LogP contribution < -0.4 is 4.74 Å². The molecule has 0 amide bonds. The molecule has 3 nitrogen and oxygen atoms in total. The zero-order valence-electron chi connectivity index (χ0n) is 14.3. The molecule has 1 heterocycles. The molecule has 1 aliphatic rings. The number of likely N-dealkylation sites (N-methyl/N-ethyl adjacent to an activating group) is 1. The van der Waals surface area contributed by atoms with E-state index in [9.17, 15) is 4.39 Å². The highest BCUT2D eigenvalue weighted by atomic mass is 19.1. The van der Waals surface area contributed by atoms with Crippen LogP contribution in [0.4, 0.5) is 4.39 Å². The maximum Gasteiger partial charge on any atom is 0.150 e. The number of ether oxygens (including phenoxy) is 2. The molecule has 0 bridgehead atoms. The number of nitrogens with zero attached hydrogens (tertiary/aromatic N) is 1. The monoisotopic (exact) mass is 327 g/mol. The topological polar surface area (TPSA) is 21.7 Å². The summed E-state index contributed by atoms with van der Waals surface area (Å²) in [7, 11) is 4.03. The second-order valence-corrected chi connectivity index (χ2v) is 6.07. The standard InChI is InChI=1S/C20H22FNO2/c1-4-23-20-16-7-5-6-8-18(16)24-19(17(20)13-22(2)3)14-9-11-15(21)12-10-14/h5-12,19H,4,13H2,1-3H3/t19-/m1/s1. The molecule has 0 radical (unpaired) electrons. The van der Waals surface area contributed by atoms with E-state index < -0.39 is 0 Å². The van der Waals surface area contributed by atoms with Crippen LogP contribution in [0.3, 0.4) is 0 Å². The Balaban J connectivity index is 2.13. The van der Waals surface area contributed by atoms with E-state index in [1.807, 2.05) is 45.3 Å². The molecule has 0 aliphatic carbocycles. The minimum Gasteiger partial charge on any atom is -0.493 e. The average Bonchev–Trinajstić information content (AvgIpc) is 2.57. The molecule has 0 saturated carbocycles. The van der Waals surface area contributed by atoms with E-state index in [0.717, 1.165) is 28.2 Å². The molecule has 4 heteroatoms. The molecular formula is C20H22FNO2. The summed E-state index contributed by atoms with van der Waals surface area (Å²) in [6.45, 7) is 3.26. The lowest BCUT2D eigenvalue weighted by atomic mass is 9.94. The molecule has 0 aromatic heterocycles. The van der Waals surface area contributed by atoms with Gasteiger partial charge in [-0.3, -0.25) is 0 Å². The number of fused-ring (bicyclic) bond motifs is 1. The third-order valence-electron chi connectivity index (χ3n) is 3.93. The number of para-hydroxylation sites is 1. The third kappa shape index (κ3) is 3.29. The quantitative estimate of drug-likeness (QED) is 0.819. The Morgan fingerprint density at radius 3 is 2.46 bits per heavy atom. The lowest BCUT2D eigenvalue weighted by Gasteiger charge is -2.32. The van der Waals surface area contributed by atoms with Crippen LogP contribution in [0.1, 0.15) is 24.2 Å². The van der Waals surface area contributed by atoms with Gasteiger partial charge in [-0.05, 0) is 50.8 Å². The van der Waals surface area contributed by atoms with Crippen LogP contribution in [0.2, 0.25) is 0 Å². The van der Waals surface area contributed by atoms with Crippen molar-refractivity contribution in [3.05, 3.63) is 71.0 Å². The van der Waals surface area contributed by atoms with Gasteiger partial charge in [0.2, 0.25) is 0 Å². The number of hydrogen-bond acceptors (Lipinski definition) is 3. The zero-order valence-corrected chi connectivity index (χ0v) is 14.3. The summed E-state index contributed by atoms with van der Waals surface area (Å²) in [5, 5.41) is 0. The molecule has 0 spiro atoms. The van der Waals surface area contributed by atoms with Gasteiger partial charge in [0.25, 0.3) is 0 Å². The van der Waals surface area contributed by atoms with Crippen molar-refractivity contribution in [3.8, 4) is 5.75 Å². The average molecular weight is 327 g/mol. The SMILES string of the molecule is CCOC1=C(CN(C)C)[C@@H](c2ccc(F)cc2)Oc2ccccc21. The predicted molar refractivity (Wildman–Crippen MR) is 93.3 cm³/mol. The number of hydrogen-bond donors (Lipinski definition) is 0. The van der Waals surface area contributed by atoms with Crippen LogP contribution in [0, 0.1) is 5.82 Å². The van der Waals surface area contributed by atoms with Crippen LogP contribution in [-0.2, 0) is 4.74 Å². The van der Waals surface area contributed by atoms with E-state index in [4.69, 9.17) is 9.47 Å². The van der Waals surface area contributed by atoms with Crippen molar-refractivity contribution in [1.82, 2.24) is 4.90 Å². The zero-order chi connectivity index (χ0) is 17.1. The fourth-order valence-electron chi connectivity index (χ4n) is 2.96. The Morgan fingerprint density at radius 2 is 1.79 bits per heavy atom. The van der Waals surface area contributed by atoms with Crippen LogP contribution in [0.15, 0.2) is 54.1 Å². The second-order valence-electron chi connectivity index (χ2n) is 6.07. The Morgan fingerprint density at radius 1 is 1.08 bits per heavy atom. The smallest absolute Gasteiger partial charge is 0.150 e. The summed E-state index contributed by atoms with van der Waals surface area (Å²) in [4.78, 5) is 2.09. The molecule has 1 atom stereocenters. The van der Waals surface area contributed by atoms with E-state index >= 15 is 0 Å². The molecule has 0 saturated heterocycles. The first kappa shape index (κ1) is 16.5. The molecule has 24 heavy (non-hydrogen) atoms. The summed E-state index contributed by atoms with van der Waals surface area (Å²) in [5.74, 6) is 1.40. The van der Waals surface area contributed by atoms with Gasteiger partial charge in [-0.25, -0.2) is 4.39 Å². The summed E-state index contributed by atoms with van der Waals surface area (Å²) >= 11 is 0. The van der Waals surface area contributed by atoms with Crippen molar-refractivity contribution < 1.29 is 13.9 Å². The highest BCUT2D eigenvalue weighted by Gasteiger charge is 2.31. The van der Waals surface area contributed by atoms with Gasteiger partial charge >= 0.3 is 0 Å². The van der Waals surface area contributed by atoms with Crippen molar-refractivity contribution in [3.63, 3.8) is 0 Å². The Hall–Kier alpha value is -2.33. The molecule has 0 N–H and O–H groups in total. The molecule has 1 aliphatic heterocycles. The highest BCUT2D eigenvalue weighted by molar-refractivity contribution is 5.72. The molecule has 0 fully saturated rings. The summed E-state index contributed by atoms with van der Waals surface area (Å²) < 4.78 is 25.6. The van der Waals surface area contributed by atoms with E-state index in [1.54, 1.807) is 12.1 Å². The second kappa shape index (κ2) is 7.05. The van der Waals surface area contributed by atoms with Crippen molar-refractivity contribution in [1.29, 1.82) is 0 Å². The van der Waals surface area contributed by atoms with Gasteiger partial charge in [0.05, 0.1) is 12.2 Å². The fourth-order valence-corrected chi connectivity index (χ4v) is 2.96. The van der Waals surface area contributed by atoms with Gasteiger partial charge in [0.1, 0.15) is 17.3 Å².